The molecule has 0 saturated carbocycles. The van der Waals surface area contributed by atoms with E-state index in [1.165, 1.54) is 16.3 Å². The van der Waals surface area contributed by atoms with Gasteiger partial charge >= 0.3 is 0 Å². The molecule has 1 aromatic rings. The van der Waals surface area contributed by atoms with E-state index in [0.717, 1.165) is 14.4 Å². The van der Waals surface area contributed by atoms with Crippen molar-refractivity contribution in [2.75, 3.05) is 0 Å². The second-order valence-electron chi connectivity index (χ2n) is 3.87. The molecule has 5 nitrogen and oxygen atoms in total. The van der Waals surface area contributed by atoms with Crippen LogP contribution in [-0.4, -0.2) is 27.7 Å². The molecule has 0 spiro atoms. The van der Waals surface area contributed by atoms with Crippen molar-refractivity contribution in [3.05, 3.63) is 20.3 Å². The Morgan fingerprint density at radius 2 is 1.82 bits per heavy atom. The van der Waals surface area contributed by atoms with Gasteiger partial charge in [-0.05, 0) is 27.6 Å². The molecule has 0 atom stereocenters. The number of carbonyl (C=O) groups is 3. The van der Waals surface area contributed by atoms with Crippen molar-refractivity contribution >= 4 is 45.0 Å². The minimum Gasteiger partial charge on any atom is -0.273 e. The molecule has 2 aliphatic heterocycles. The third-order valence-electron chi connectivity index (χ3n) is 2.79. The van der Waals surface area contributed by atoms with E-state index in [4.69, 9.17) is 0 Å². The van der Waals surface area contributed by atoms with Crippen LogP contribution in [0.1, 0.15) is 28.1 Å². The monoisotopic (exact) mass is 314 g/mol. The number of amides is 3. The summed E-state index contributed by atoms with van der Waals surface area (Å²) in [5.41, 5.74) is 0.861. The average molecular weight is 315 g/mol. The van der Waals surface area contributed by atoms with Gasteiger partial charge in [-0.3, -0.25) is 14.4 Å². The van der Waals surface area contributed by atoms with Gasteiger partial charge in [-0.15, -0.1) is 11.3 Å². The van der Waals surface area contributed by atoms with Crippen LogP contribution in [0.4, 0.5) is 0 Å². The Labute approximate surface area is 109 Å². The molecule has 0 bridgehead atoms. The van der Waals surface area contributed by atoms with Crippen LogP contribution < -0.4 is 0 Å². The van der Waals surface area contributed by atoms with Gasteiger partial charge in [0.05, 0.1) is 10.3 Å². The molecule has 2 aliphatic rings. The Kier molecular flexibility index (Phi) is 2.34. The van der Waals surface area contributed by atoms with Crippen LogP contribution in [0, 0.1) is 0 Å². The van der Waals surface area contributed by atoms with Gasteiger partial charge in [-0.1, -0.05) is 0 Å². The molecule has 0 aromatic carbocycles. The van der Waals surface area contributed by atoms with E-state index in [0.29, 0.717) is 11.4 Å². The van der Waals surface area contributed by atoms with Gasteiger partial charge in [0.2, 0.25) is 11.8 Å². The van der Waals surface area contributed by atoms with Crippen molar-refractivity contribution in [2.24, 2.45) is 0 Å². The first-order chi connectivity index (χ1) is 8.08. The molecule has 0 aliphatic carbocycles. The van der Waals surface area contributed by atoms with Crippen LogP contribution >= 0.6 is 27.3 Å². The molecular formula is C10H7BrN2O3S. The molecule has 17 heavy (non-hydrogen) atoms. The van der Waals surface area contributed by atoms with E-state index in [2.05, 4.69) is 15.9 Å². The van der Waals surface area contributed by atoms with E-state index in [1.807, 2.05) is 6.07 Å². The van der Waals surface area contributed by atoms with E-state index in [9.17, 15) is 14.4 Å². The Morgan fingerprint density at radius 1 is 1.18 bits per heavy atom. The molecule has 7 heteroatoms. The van der Waals surface area contributed by atoms with E-state index in [1.54, 1.807) is 0 Å². The second-order valence-corrected chi connectivity index (χ2v) is 6.30. The van der Waals surface area contributed by atoms with Crippen LogP contribution in [0.5, 0.6) is 0 Å². The number of carbonyl (C=O) groups excluding carboxylic acids is 3. The zero-order valence-electron chi connectivity index (χ0n) is 8.60. The average Bonchev–Trinajstić information content (AvgIpc) is 2.86. The van der Waals surface area contributed by atoms with Gasteiger partial charge in [-0.25, -0.2) is 5.01 Å². The van der Waals surface area contributed by atoms with Crippen molar-refractivity contribution in [2.45, 2.75) is 19.4 Å². The summed E-state index contributed by atoms with van der Waals surface area (Å²) in [5, 5.41) is 2.23. The number of nitrogens with zero attached hydrogens (tertiary/aromatic N) is 2. The molecule has 3 heterocycles. The van der Waals surface area contributed by atoms with Gasteiger partial charge in [0.25, 0.3) is 5.91 Å². The number of halogens is 1. The molecule has 0 radical (unpaired) electrons. The number of hydrazine groups is 1. The van der Waals surface area contributed by atoms with Crippen LogP contribution in [0.2, 0.25) is 0 Å². The van der Waals surface area contributed by atoms with Crippen LogP contribution in [0.3, 0.4) is 0 Å². The summed E-state index contributed by atoms with van der Waals surface area (Å²) < 4.78 is 0.884. The van der Waals surface area contributed by atoms with Crippen molar-refractivity contribution in [3.8, 4) is 0 Å². The first-order valence-corrected chi connectivity index (χ1v) is 6.64. The lowest BCUT2D eigenvalue weighted by atomic mass is 10.3. The predicted octanol–water partition coefficient (Wildman–Crippen LogP) is 1.53. The first kappa shape index (κ1) is 10.9. The van der Waals surface area contributed by atoms with E-state index >= 15 is 0 Å². The van der Waals surface area contributed by atoms with Gasteiger partial charge < -0.3 is 0 Å². The molecule has 1 fully saturated rings. The van der Waals surface area contributed by atoms with E-state index in [-0.39, 0.29) is 30.6 Å². The Bertz CT molecular complexity index is 538. The fourth-order valence-corrected chi connectivity index (χ4v) is 3.64. The largest absolute Gasteiger partial charge is 0.283 e. The second kappa shape index (κ2) is 3.64. The number of rotatable bonds is 1. The maximum absolute atomic E-state index is 12.1. The highest BCUT2D eigenvalue weighted by Crippen LogP contribution is 2.35. The lowest BCUT2D eigenvalue weighted by Gasteiger charge is -2.25. The Balaban J connectivity index is 1.94. The lowest BCUT2D eigenvalue weighted by Crippen LogP contribution is -2.45. The molecule has 3 rings (SSSR count). The maximum Gasteiger partial charge on any atom is 0.283 e. The van der Waals surface area contributed by atoms with E-state index < -0.39 is 0 Å². The summed E-state index contributed by atoms with van der Waals surface area (Å²) in [6.07, 6.45) is 0.389. The minimum atomic E-state index is -0.294. The van der Waals surface area contributed by atoms with Crippen LogP contribution in [0.25, 0.3) is 0 Å². The smallest absolute Gasteiger partial charge is 0.273 e. The number of fused-ring (bicyclic) bond motifs is 1. The normalized spacial score (nSPS) is 19.5. The SMILES string of the molecule is O=C1c2sc(Br)cc2CN1N1C(=O)CCC1=O. The Morgan fingerprint density at radius 3 is 2.41 bits per heavy atom. The number of thiophene rings is 1. The van der Waals surface area contributed by atoms with Crippen molar-refractivity contribution < 1.29 is 14.4 Å². The fraction of sp³-hybridized carbons (Fsp3) is 0.300. The van der Waals surface area contributed by atoms with Gasteiger partial charge in [0, 0.05) is 12.8 Å². The van der Waals surface area contributed by atoms with Crippen molar-refractivity contribution in [1.29, 1.82) is 0 Å². The highest BCUT2D eigenvalue weighted by Gasteiger charge is 2.41. The quantitative estimate of drug-likeness (QED) is 0.739. The number of hydrogen-bond donors (Lipinski definition) is 0. The number of hydrogen-bond acceptors (Lipinski definition) is 4. The zero-order valence-corrected chi connectivity index (χ0v) is 11.0. The molecule has 0 N–H and O–H groups in total. The number of imide groups is 1. The molecule has 1 saturated heterocycles. The van der Waals surface area contributed by atoms with Crippen molar-refractivity contribution in [3.63, 3.8) is 0 Å². The van der Waals surface area contributed by atoms with Crippen LogP contribution in [-0.2, 0) is 16.1 Å². The fourth-order valence-electron chi connectivity index (χ4n) is 2.04. The first-order valence-electron chi connectivity index (χ1n) is 5.03. The van der Waals surface area contributed by atoms with Crippen LogP contribution in [0.15, 0.2) is 9.85 Å². The maximum atomic E-state index is 12.1. The molecule has 88 valence electrons. The van der Waals surface area contributed by atoms with Gasteiger partial charge in [0.15, 0.2) is 0 Å². The summed E-state index contributed by atoms with van der Waals surface area (Å²) in [4.78, 5) is 35.8. The summed E-state index contributed by atoms with van der Waals surface area (Å²) in [6, 6.07) is 1.85. The Hall–Kier alpha value is -1.21. The third kappa shape index (κ3) is 1.53. The minimum absolute atomic E-state index is 0.194. The lowest BCUT2D eigenvalue weighted by molar-refractivity contribution is -0.153. The zero-order chi connectivity index (χ0) is 12.2. The summed E-state index contributed by atoms with van der Waals surface area (Å²) in [6.45, 7) is 0.299. The summed E-state index contributed by atoms with van der Waals surface area (Å²) in [7, 11) is 0. The van der Waals surface area contributed by atoms with Gasteiger partial charge in [-0.2, -0.15) is 5.01 Å². The third-order valence-corrected chi connectivity index (χ3v) is 4.46. The molecule has 3 amide bonds. The highest BCUT2D eigenvalue weighted by atomic mass is 79.9. The topological polar surface area (TPSA) is 57.7 Å². The molecule has 1 aromatic heterocycles. The summed E-state index contributed by atoms with van der Waals surface area (Å²) >= 11 is 4.64. The molecule has 0 unspecified atom stereocenters. The standard InChI is InChI=1S/C10H7BrN2O3S/c11-6-3-5-4-12(10(16)9(5)17-6)13-7(14)1-2-8(13)15/h3H,1-2,4H2. The predicted molar refractivity (Wildman–Crippen MR) is 63.0 cm³/mol. The van der Waals surface area contributed by atoms with Crippen molar-refractivity contribution in [1.82, 2.24) is 10.0 Å². The van der Waals surface area contributed by atoms with Gasteiger partial charge in [0.1, 0.15) is 4.88 Å². The summed E-state index contributed by atoms with van der Waals surface area (Å²) in [5.74, 6) is -0.852. The molecular weight excluding hydrogens is 308 g/mol. The highest BCUT2D eigenvalue weighted by molar-refractivity contribution is 9.11.